The summed E-state index contributed by atoms with van der Waals surface area (Å²) < 4.78 is 0. The van der Waals surface area contributed by atoms with Crippen molar-refractivity contribution in [3.8, 4) is 0 Å². The van der Waals surface area contributed by atoms with Crippen LogP contribution in [0.1, 0.15) is 64.6 Å². The molecule has 0 saturated heterocycles. The van der Waals surface area contributed by atoms with Crippen molar-refractivity contribution < 1.29 is 0 Å². The van der Waals surface area contributed by atoms with Gasteiger partial charge in [-0.15, -0.1) is 0 Å². The largest absolute Gasteiger partial charge is 0.309 e. The molecule has 2 unspecified atom stereocenters. The van der Waals surface area contributed by atoms with E-state index in [0.29, 0.717) is 12.1 Å². The number of rotatable bonds is 6. The van der Waals surface area contributed by atoms with Gasteiger partial charge in [-0.2, -0.15) is 0 Å². The van der Waals surface area contributed by atoms with E-state index in [9.17, 15) is 0 Å². The summed E-state index contributed by atoms with van der Waals surface area (Å²) >= 11 is 0. The van der Waals surface area contributed by atoms with Crippen LogP contribution in [0.15, 0.2) is 24.3 Å². The molecule has 0 bridgehead atoms. The van der Waals surface area contributed by atoms with Gasteiger partial charge in [0.1, 0.15) is 0 Å². The number of hydrogen-bond donors (Lipinski definition) is 1. The van der Waals surface area contributed by atoms with Gasteiger partial charge in [0.2, 0.25) is 0 Å². The van der Waals surface area contributed by atoms with E-state index in [1.165, 1.54) is 24.0 Å². The lowest BCUT2D eigenvalue weighted by Crippen LogP contribution is -2.39. The summed E-state index contributed by atoms with van der Waals surface area (Å²) in [7, 11) is 2.26. The second-order valence-corrected chi connectivity index (χ2v) is 7.75. The zero-order valence-corrected chi connectivity index (χ0v) is 14.6. The lowest BCUT2D eigenvalue weighted by atomic mass is 9.86. The number of hydrogen-bond acceptors (Lipinski definition) is 2. The zero-order chi connectivity index (χ0) is 15.6. The van der Waals surface area contributed by atoms with Gasteiger partial charge in [0.05, 0.1) is 0 Å². The summed E-state index contributed by atoms with van der Waals surface area (Å²) in [5, 5.41) is 3.68. The minimum atomic E-state index is 0.233. The molecule has 1 aliphatic rings. The number of benzene rings is 1. The van der Waals surface area contributed by atoms with Crippen molar-refractivity contribution >= 4 is 0 Å². The Bertz CT molecular complexity index is 440. The SMILES string of the molecule is CC(NCC(C)N(C)C1CC1)c1ccc(C(C)(C)C)cc1. The molecule has 2 rings (SSSR count). The zero-order valence-electron chi connectivity index (χ0n) is 14.6. The molecule has 1 aromatic rings. The Morgan fingerprint density at radius 1 is 1.14 bits per heavy atom. The van der Waals surface area contributed by atoms with Crippen molar-refractivity contribution in [2.75, 3.05) is 13.6 Å². The fraction of sp³-hybridized carbons (Fsp3) is 0.684. The average molecular weight is 288 g/mol. The first-order chi connectivity index (χ1) is 9.79. The van der Waals surface area contributed by atoms with Crippen LogP contribution in [-0.4, -0.2) is 30.6 Å². The van der Waals surface area contributed by atoms with Gasteiger partial charge in [-0.1, -0.05) is 45.0 Å². The summed E-state index contributed by atoms with van der Waals surface area (Å²) in [4.78, 5) is 2.52. The van der Waals surface area contributed by atoms with Crippen molar-refractivity contribution in [1.29, 1.82) is 0 Å². The average Bonchev–Trinajstić information content (AvgIpc) is 3.27. The minimum absolute atomic E-state index is 0.233. The molecule has 21 heavy (non-hydrogen) atoms. The highest BCUT2D eigenvalue weighted by Gasteiger charge is 2.29. The Kier molecular flexibility index (Phi) is 5.11. The number of likely N-dealkylation sites (N-methyl/N-ethyl adjacent to an activating group) is 1. The highest BCUT2D eigenvalue weighted by atomic mass is 15.2. The van der Waals surface area contributed by atoms with Gasteiger partial charge in [0, 0.05) is 24.7 Å². The van der Waals surface area contributed by atoms with Gasteiger partial charge in [-0.25, -0.2) is 0 Å². The fourth-order valence-electron chi connectivity index (χ4n) is 2.72. The van der Waals surface area contributed by atoms with E-state index < -0.39 is 0 Å². The van der Waals surface area contributed by atoms with Crippen LogP contribution >= 0.6 is 0 Å². The maximum Gasteiger partial charge on any atom is 0.0292 e. The summed E-state index contributed by atoms with van der Waals surface area (Å²) in [6.45, 7) is 12.4. The molecule has 2 heteroatoms. The third-order valence-electron chi connectivity index (χ3n) is 4.81. The van der Waals surface area contributed by atoms with Crippen molar-refractivity contribution in [3.05, 3.63) is 35.4 Å². The Balaban J connectivity index is 1.86. The quantitative estimate of drug-likeness (QED) is 0.847. The van der Waals surface area contributed by atoms with Crippen LogP contribution in [0.2, 0.25) is 0 Å². The summed E-state index contributed by atoms with van der Waals surface area (Å²) in [6, 6.07) is 10.9. The molecule has 2 nitrogen and oxygen atoms in total. The molecule has 0 aromatic heterocycles. The van der Waals surface area contributed by atoms with Crippen LogP contribution < -0.4 is 5.32 Å². The summed E-state index contributed by atoms with van der Waals surface area (Å²) in [5.74, 6) is 0. The molecule has 1 aliphatic carbocycles. The molecule has 0 heterocycles. The lowest BCUT2D eigenvalue weighted by molar-refractivity contribution is 0.237. The molecular weight excluding hydrogens is 256 g/mol. The second-order valence-electron chi connectivity index (χ2n) is 7.75. The van der Waals surface area contributed by atoms with E-state index in [-0.39, 0.29) is 5.41 Å². The topological polar surface area (TPSA) is 15.3 Å². The maximum atomic E-state index is 3.68. The Labute approximate surface area is 130 Å². The predicted molar refractivity (Wildman–Crippen MR) is 91.8 cm³/mol. The van der Waals surface area contributed by atoms with E-state index in [2.05, 4.69) is 76.1 Å². The van der Waals surface area contributed by atoms with E-state index in [0.717, 1.165) is 12.6 Å². The van der Waals surface area contributed by atoms with Crippen LogP contribution in [0.4, 0.5) is 0 Å². The Morgan fingerprint density at radius 2 is 1.71 bits per heavy atom. The Morgan fingerprint density at radius 3 is 2.19 bits per heavy atom. The Hall–Kier alpha value is -0.860. The first-order valence-corrected chi connectivity index (χ1v) is 8.35. The smallest absolute Gasteiger partial charge is 0.0292 e. The van der Waals surface area contributed by atoms with Gasteiger partial charge in [0.25, 0.3) is 0 Å². The van der Waals surface area contributed by atoms with Crippen molar-refractivity contribution in [2.45, 2.75) is 71.0 Å². The van der Waals surface area contributed by atoms with Crippen molar-refractivity contribution in [1.82, 2.24) is 10.2 Å². The lowest BCUT2D eigenvalue weighted by Gasteiger charge is -2.27. The molecule has 1 saturated carbocycles. The molecule has 1 aromatic carbocycles. The van der Waals surface area contributed by atoms with Crippen LogP contribution in [0, 0.1) is 0 Å². The van der Waals surface area contributed by atoms with E-state index in [4.69, 9.17) is 0 Å². The summed E-state index contributed by atoms with van der Waals surface area (Å²) in [6.07, 6.45) is 2.76. The predicted octanol–water partition coefficient (Wildman–Crippen LogP) is 4.12. The number of nitrogens with one attached hydrogen (secondary N) is 1. The third kappa shape index (κ3) is 4.55. The van der Waals surface area contributed by atoms with Gasteiger partial charge in [0.15, 0.2) is 0 Å². The van der Waals surface area contributed by atoms with Crippen LogP contribution in [0.3, 0.4) is 0 Å². The van der Waals surface area contributed by atoms with Crippen LogP contribution in [0.5, 0.6) is 0 Å². The van der Waals surface area contributed by atoms with Crippen molar-refractivity contribution in [3.63, 3.8) is 0 Å². The van der Waals surface area contributed by atoms with Gasteiger partial charge in [-0.3, -0.25) is 4.90 Å². The number of nitrogens with zero attached hydrogens (tertiary/aromatic N) is 1. The van der Waals surface area contributed by atoms with Gasteiger partial charge in [-0.05, 0) is 50.3 Å². The molecule has 0 aliphatic heterocycles. The molecular formula is C19H32N2. The molecule has 1 N–H and O–H groups in total. The molecule has 0 radical (unpaired) electrons. The first kappa shape index (κ1) is 16.5. The van der Waals surface area contributed by atoms with E-state index in [1.54, 1.807) is 0 Å². The normalized spacial score (nSPS) is 18.8. The second kappa shape index (κ2) is 6.50. The highest BCUT2D eigenvalue weighted by Crippen LogP contribution is 2.27. The maximum absolute atomic E-state index is 3.68. The van der Waals surface area contributed by atoms with E-state index in [1.807, 2.05) is 0 Å². The monoisotopic (exact) mass is 288 g/mol. The van der Waals surface area contributed by atoms with Crippen LogP contribution in [0.25, 0.3) is 0 Å². The standard InChI is InChI=1S/C19H32N2/c1-14(21(6)18-11-12-18)13-20-15(2)16-7-9-17(10-8-16)19(3,4)5/h7-10,14-15,18,20H,11-13H2,1-6H3. The minimum Gasteiger partial charge on any atom is -0.309 e. The molecule has 1 fully saturated rings. The fourth-order valence-corrected chi connectivity index (χ4v) is 2.72. The molecule has 118 valence electrons. The van der Waals surface area contributed by atoms with E-state index >= 15 is 0 Å². The third-order valence-corrected chi connectivity index (χ3v) is 4.81. The van der Waals surface area contributed by atoms with Gasteiger partial charge >= 0.3 is 0 Å². The van der Waals surface area contributed by atoms with Crippen molar-refractivity contribution in [2.24, 2.45) is 0 Å². The highest BCUT2D eigenvalue weighted by molar-refractivity contribution is 5.29. The van der Waals surface area contributed by atoms with Gasteiger partial charge < -0.3 is 5.32 Å². The first-order valence-electron chi connectivity index (χ1n) is 8.35. The molecule has 0 amide bonds. The van der Waals surface area contributed by atoms with Crippen LogP contribution in [-0.2, 0) is 5.41 Å². The summed E-state index contributed by atoms with van der Waals surface area (Å²) in [5.41, 5.74) is 3.01. The molecule has 0 spiro atoms. The molecule has 2 atom stereocenters.